The topological polar surface area (TPSA) is 43.0 Å². The highest BCUT2D eigenvalue weighted by molar-refractivity contribution is 6.04. The van der Waals surface area contributed by atoms with Gasteiger partial charge in [-0.3, -0.25) is 0 Å². The van der Waals surface area contributed by atoms with Gasteiger partial charge in [0.05, 0.1) is 11.8 Å². The Morgan fingerprint density at radius 3 is 2.55 bits per heavy atom. The molecule has 0 amide bonds. The Labute approximate surface area is 166 Å². The van der Waals surface area contributed by atoms with Crippen LogP contribution in [0.5, 0.6) is 0 Å². The molecule has 0 aliphatic heterocycles. The van der Waals surface area contributed by atoms with E-state index in [2.05, 4.69) is 39.7 Å². The van der Waals surface area contributed by atoms with Gasteiger partial charge in [0.2, 0.25) is 5.89 Å². The Bertz CT molecular complexity index is 1500. The van der Waals surface area contributed by atoms with Crippen molar-refractivity contribution in [1.82, 2.24) is 9.97 Å². The van der Waals surface area contributed by atoms with Gasteiger partial charge in [-0.1, -0.05) is 36.4 Å². The lowest BCUT2D eigenvalue weighted by Gasteiger charge is -2.02. The normalized spacial score (nSPS) is 11.4. The Balaban J connectivity index is 1.60. The van der Waals surface area contributed by atoms with Crippen LogP contribution in [0.2, 0.25) is 0 Å². The van der Waals surface area contributed by atoms with Crippen molar-refractivity contribution in [3.05, 3.63) is 97.3 Å². The van der Waals surface area contributed by atoms with Crippen molar-refractivity contribution in [1.29, 1.82) is 0 Å². The molecule has 136 valence electrons. The van der Waals surface area contributed by atoms with Crippen molar-refractivity contribution in [3.8, 4) is 22.8 Å². The molecule has 29 heavy (non-hydrogen) atoms. The fourth-order valence-electron chi connectivity index (χ4n) is 3.79. The first kappa shape index (κ1) is 16.0. The summed E-state index contributed by atoms with van der Waals surface area (Å²) in [7, 11) is 0. The van der Waals surface area contributed by atoms with Crippen LogP contribution in [0.25, 0.3) is 50.2 Å². The van der Waals surface area contributed by atoms with Gasteiger partial charge < -0.3 is 4.42 Å². The lowest BCUT2D eigenvalue weighted by atomic mass is 10.1. The lowest BCUT2D eigenvalue weighted by molar-refractivity contribution is -0.503. The van der Waals surface area contributed by atoms with Crippen LogP contribution in [0.4, 0.5) is 0 Å². The Morgan fingerprint density at radius 2 is 1.62 bits per heavy atom. The van der Waals surface area contributed by atoms with E-state index in [0.717, 1.165) is 44.3 Å². The van der Waals surface area contributed by atoms with Gasteiger partial charge in [0.15, 0.2) is 5.58 Å². The third kappa shape index (κ3) is 2.57. The number of rotatable bonds is 2. The third-order valence-electron chi connectivity index (χ3n) is 5.21. The Hall–Kier alpha value is -4.05. The number of fused-ring (bicyclic) bond motifs is 4. The Kier molecular flexibility index (Phi) is 3.43. The Morgan fingerprint density at radius 1 is 0.759 bits per heavy atom. The summed E-state index contributed by atoms with van der Waals surface area (Å²) in [4.78, 5) is 9.33. The van der Waals surface area contributed by atoms with E-state index in [0.29, 0.717) is 5.89 Å². The van der Waals surface area contributed by atoms with E-state index in [1.165, 1.54) is 0 Å². The van der Waals surface area contributed by atoms with Crippen LogP contribution in [-0.4, -0.2) is 9.97 Å². The maximum atomic E-state index is 6.21. The maximum Gasteiger partial charge on any atom is 0.335 e. The quantitative estimate of drug-likeness (QED) is 0.379. The van der Waals surface area contributed by atoms with Crippen molar-refractivity contribution in [2.24, 2.45) is 0 Å². The molecular weight excluding hydrogens is 358 g/mol. The average Bonchev–Trinajstić information content (AvgIpc) is 3.24. The first-order chi connectivity index (χ1) is 14.4. The molecule has 0 bridgehead atoms. The zero-order valence-corrected chi connectivity index (χ0v) is 15.5. The fraction of sp³-hybridized carbons (Fsp3) is 0. The van der Waals surface area contributed by atoms with E-state index in [1.54, 1.807) is 0 Å². The number of aromatic nitrogens is 3. The molecule has 0 aliphatic rings. The van der Waals surface area contributed by atoms with E-state index in [4.69, 9.17) is 9.40 Å². The molecule has 0 N–H and O–H groups in total. The highest BCUT2D eigenvalue weighted by atomic mass is 16.3. The van der Waals surface area contributed by atoms with Gasteiger partial charge in [-0.15, -0.1) is 0 Å². The minimum Gasteiger partial charge on any atom is -0.435 e. The van der Waals surface area contributed by atoms with Gasteiger partial charge >= 0.3 is 5.82 Å². The molecule has 0 saturated heterocycles. The van der Waals surface area contributed by atoms with Crippen molar-refractivity contribution >= 4 is 27.4 Å². The second kappa shape index (κ2) is 6.24. The van der Waals surface area contributed by atoms with Crippen LogP contribution in [0.3, 0.4) is 0 Å². The zero-order chi connectivity index (χ0) is 19.2. The first-order valence-corrected chi connectivity index (χ1v) is 9.51. The van der Waals surface area contributed by atoms with E-state index < -0.39 is 0 Å². The monoisotopic (exact) mass is 374 g/mol. The van der Waals surface area contributed by atoms with Crippen LogP contribution in [0.15, 0.2) is 102 Å². The molecule has 0 atom stereocenters. The van der Waals surface area contributed by atoms with Gasteiger partial charge in [-0.05, 0) is 52.8 Å². The minimum atomic E-state index is 0.635. The second-order valence-corrected chi connectivity index (χ2v) is 7.00. The number of oxazole rings is 1. The fourth-order valence-corrected chi connectivity index (χ4v) is 3.79. The standard InChI is InChI=1S/C25H16N3O/c1-2-6-18(7-3-1)25-27-22-12-11-17-9-10-19(16-21(17)23(22)29-25)24-26-14-13-20-8-4-5-15-28(20)24/h1-16H/q+1. The summed E-state index contributed by atoms with van der Waals surface area (Å²) in [5, 5.41) is 2.15. The second-order valence-electron chi connectivity index (χ2n) is 7.00. The number of hydrogen-bond donors (Lipinski definition) is 0. The molecule has 0 spiro atoms. The average molecular weight is 374 g/mol. The third-order valence-corrected chi connectivity index (χ3v) is 5.21. The van der Waals surface area contributed by atoms with Gasteiger partial charge in [0.25, 0.3) is 0 Å². The van der Waals surface area contributed by atoms with E-state index >= 15 is 0 Å². The number of benzene rings is 3. The minimum absolute atomic E-state index is 0.635. The number of hydrogen-bond acceptors (Lipinski definition) is 3. The van der Waals surface area contributed by atoms with Crippen LogP contribution in [0.1, 0.15) is 0 Å². The van der Waals surface area contributed by atoms with Crippen LogP contribution < -0.4 is 4.40 Å². The van der Waals surface area contributed by atoms with E-state index in [9.17, 15) is 0 Å². The van der Waals surface area contributed by atoms with Gasteiger partial charge in [0, 0.05) is 17.0 Å². The summed E-state index contributed by atoms with van der Waals surface area (Å²) in [6.07, 6.45) is 3.88. The summed E-state index contributed by atoms with van der Waals surface area (Å²) in [5.74, 6) is 1.53. The summed E-state index contributed by atoms with van der Waals surface area (Å²) in [6, 6.07) is 28.6. The predicted octanol–water partition coefficient (Wildman–Crippen LogP) is 5.45. The summed E-state index contributed by atoms with van der Waals surface area (Å²) < 4.78 is 8.30. The molecule has 4 heteroatoms. The van der Waals surface area contributed by atoms with Crippen molar-refractivity contribution in [2.45, 2.75) is 0 Å². The first-order valence-electron chi connectivity index (χ1n) is 9.51. The van der Waals surface area contributed by atoms with E-state index in [1.807, 2.05) is 67.0 Å². The molecule has 4 nitrogen and oxygen atoms in total. The van der Waals surface area contributed by atoms with Crippen LogP contribution in [0, 0.1) is 0 Å². The molecule has 3 aromatic heterocycles. The number of pyridine rings is 1. The molecule has 0 radical (unpaired) electrons. The van der Waals surface area contributed by atoms with Gasteiger partial charge in [-0.25, -0.2) is 4.98 Å². The van der Waals surface area contributed by atoms with Crippen LogP contribution in [-0.2, 0) is 0 Å². The van der Waals surface area contributed by atoms with Crippen molar-refractivity contribution in [2.75, 3.05) is 0 Å². The molecule has 0 aliphatic carbocycles. The SMILES string of the molecule is c1ccc(-c2nc3ccc4ccc(-c5nccc6cccc[n+]56)cc4c3o2)cc1. The highest BCUT2D eigenvalue weighted by Gasteiger charge is 2.16. The number of nitrogens with zero attached hydrogens (tertiary/aromatic N) is 3. The molecule has 3 heterocycles. The molecular formula is C25H16N3O+. The van der Waals surface area contributed by atoms with Crippen LogP contribution >= 0.6 is 0 Å². The van der Waals surface area contributed by atoms with Gasteiger partial charge in [0.1, 0.15) is 17.2 Å². The molecule has 0 unspecified atom stereocenters. The largest absolute Gasteiger partial charge is 0.435 e. The smallest absolute Gasteiger partial charge is 0.335 e. The van der Waals surface area contributed by atoms with Crippen molar-refractivity contribution in [3.63, 3.8) is 0 Å². The maximum absolute atomic E-state index is 6.21. The zero-order valence-electron chi connectivity index (χ0n) is 15.5. The predicted molar refractivity (Wildman–Crippen MR) is 113 cm³/mol. The molecule has 6 rings (SSSR count). The van der Waals surface area contributed by atoms with E-state index in [-0.39, 0.29) is 0 Å². The lowest BCUT2D eigenvalue weighted by Crippen LogP contribution is -2.25. The summed E-state index contributed by atoms with van der Waals surface area (Å²) in [6.45, 7) is 0. The molecule has 3 aromatic carbocycles. The molecule has 6 aromatic rings. The molecule has 0 fully saturated rings. The summed E-state index contributed by atoms with van der Waals surface area (Å²) in [5.41, 5.74) is 4.76. The highest BCUT2D eigenvalue weighted by Crippen LogP contribution is 2.32. The van der Waals surface area contributed by atoms with Gasteiger partial charge in [-0.2, -0.15) is 4.40 Å². The molecule has 0 saturated carbocycles. The van der Waals surface area contributed by atoms with Crippen molar-refractivity contribution < 1.29 is 8.82 Å². The summed E-state index contributed by atoms with van der Waals surface area (Å²) >= 11 is 0.